The highest BCUT2D eigenvalue weighted by atomic mass is 16.5. The van der Waals surface area contributed by atoms with Crippen molar-refractivity contribution in [3.63, 3.8) is 0 Å². The molecule has 0 aromatic heterocycles. The van der Waals surface area contributed by atoms with Crippen LogP contribution in [0, 0.1) is 17.8 Å². The predicted octanol–water partition coefficient (Wildman–Crippen LogP) is 1.89. The average molecular weight is 428 g/mol. The molecule has 1 saturated heterocycles. The van der Waals surface area contributed by atoms with Crippen molar-refractivity contribution < 1.29 is 23.9 Å². The molecule has 2 aliphatic carbocycles. The van der Waals surface area contributed by atoms with E-state index in [4.69, 9.17) is 9.47 Å². The Hall–Kier alpha value is -3.03. The fraction of sp³-hybridized carbons (Fsp3) is 0.522. The zero-order valence-electron chi connectivity index (χ0n) is 17.9. The molecule has 3 aliphatic rings. The summed E-state index contributed by atoms with van der Waals surface area (Å²) in [7, 11) is 3.12. The third kappa shape index (κ3) is 4.52. The molecule has 2 fully saturated rings. The first-order valence-corrected chi connectivity index (χ1v) is 10.8. The smallest absolute Gasteiger partial charge is 0.324 e. The van der Waals surface area contributed by atoms with Crippen LogP contribution >= 0.6 is 0 Å². The van der Waals surface area contributed by atoms with Crippen molar-refractivity contribution in [2.75, 3.05) is 27.3 Å². The zero-order valence-corrected chi connectivity index (χ0v) is 17.9. The molecule has 2 N–H and O–H groups in total. The number of imide groups is 1. The van der Waals surface area contributed by atoms with Crippen molar-refractivity contribution in [1.82, 2.24) is 15.5 Å². The molecule has 8 nitrogen and oxygen atoms in total. The lowest BCUT2D eigenvalue weighted by molar-refractivity contribution is -0.130. The Kier molecular flexibility index (Phi) is 6.15. The number of hydrogen-bond donors (Lipinski definition) is 2. The summed E-state index contributed by atoms with van der Waals surface area (Å²) < 4.78 is 10.5. The quantitative estimate of drug-likeness (QED) is 0.463. The van der Waals surface area contributed by atoms with Crippen molar-refractivity contribution in [3.8, 4) is 11.5 Å². The van der Waals surface area contributed by atoms with Crippen molar-refractivity contribution in [3.05, 3.63) is 35.9 Å². The first-order valence-electron chi connectivity index (χ1n) is 10.8. The lowest BCUT2D eigenvalue weighted by Crippen LogP contribution is -2.38. The van der Waals surface area contributed by atoms with Crippen LogP contribution in [-0.4, -0.2) is 56.1 Å². The summed E-state index contributed by atoms with van der Waals surface area (Å²) in [5, 5.41) is 5.58. The van der Waals surface area contributed by atoms with Crippen LogP contribution in [0.3, 0.4) is 0 Å². The number of benzene rings is 1. The number of urea groups is 1. The minimum atomic E-state index is -0.808. The number of nitrogens with zero attached hydrogens (tertiary/aromatic N) is 1. The van der Waals surface area contributed by atoms with Gasteiger partial charge in [0.1, 0.15) is 6.04 Å². The molecule has 4 amide bonds. The third-order valence-corrected chi connectivity index (χ3v) is 6.55. The van der Waals surface area contributed by atoms with Crippen LogP contribution < -0.4 is 20.1 Å². The molecule has 4 atom stereocenters. The van der Waals surface area contributed by atoms with Gasteiger partial charge < -0.3 is 20.1 Å². The molecular weight excluding hydrogens is 398 g/mol. The molecule has 31 heavy (non-hydrogen) atoms. The summed E-state index contributed by atoms with van der Waals surface area (Å²) in [6.07, 6.45) is 7.27. The molecule has 0 spiro atoms. The Morgan fingerprint density at radius 2 is 1.97 bits per heavy atom. The molecule has 1 aromatic rings. The molecule has 8 heteroatoms. The number of fused-ring (bicyclic) bond motifs is 2. The molecule has 1 aliphatic heterocycles. The van der Waals surface area contributed by atoms with E-state index >= 15 is 0 Å². The first kappa shape index (κ1) is 21.2. The van der Waals surface area contributed by atoms with E-state index < -0.39 is 12.1 Å². The zero-order chi connectivity index (χ0) is 22.0. The Bertz CT molecular complexity index is 899. The van der Waals surface area contributed by atoms with Gasteiger partial charge in [-0.25, -0.2) is 4.79 Å². The van der Waals surface area contributed by atoms with E-state index in [0.717, 1.165) is 12.0 Å². The summed E-state index contributed by atoms with van der Waals surface area (Å²) in [6.45, 7) is 0.859. The van der Waals surface area contributed by atoms with E-state index in [9.17, 15) is 14.4 Å². The number of methoxy groups -OCH3 is 2. The Balaban J connectivity index is 1.26. The summed E-state index contributed by atoms with van der Waals surface area (Å²) in [4.78, 5) is 38.5. The average Bonchev–Trinajstić information content (AvgIpc) is 3.46. The van der Waals surface area contributed by atoms with Crippen LogP contribution in [-0.2, 0) is 16.0 Å². The van der Waals surface area contributed by atoms with E-state index in [1.54, 1.807) is 20.3 Å². The van der Waals surface area contributed by atoms with Crippen LogP contribution in [0.1, 0.15) is 24.8 Å². The second-order valence-corrected chi connectivity index (χ2v) is 8.48. The van der Waals surface area contributed by atoms with Crippen molar-refractivity contribution in [2.24, 2.45) is 17.8 Å². The van der Waals surface area contributed by atoms with Gasteiger partial charge in [0.05, 0.1) is 20.6 Å². The lowest BCUT2D eigenvalue weighted by Gasteiger charge is -2.19. The second kappa shape index (κ2) is 8.99. The fourth-order valence-electron chi connectivity index (χ4n) is 4.84. The van der Waals surface area contributed by atoms with Gasteiger partial charge >= 0.3 is 6.03 Å². The van der Waals surface area contributed by atoms with Crippen molar-refractivity contribution in [2.45, 2.75) is 31.7 Å². The van der Waals surface area contributed by atoms with Gasteiger partial charge in [-0.2, -0.15) is 0 Å². The minimum Gasteiger partial charge on any atom is -0.493 e. The topological polar surface area (TPSA) is 97.0 Å². The SMILES string of the molecule is COc1ccc(CCN2C(=O)N[C@@H](CC(=O)NCC3CC4C=CC3C4)C2=O)cc1OC. The van der Waals surface area contributed by atoms with Crippen LogP contribution in [0.4, 0.5) is 4.79 Å². The number of allylic oxidation sites excluding steroid dienone is 2. The Morgan fingerprint density at radius 3 is 2.65 bits per heavy atom. The van der Waals surface area contributed by atoms with Gasteiger partial charge in [0.15, 0.2) is 11.5 Å². The maximum absolute atomic E-state index is 12.7. The number of hydrogen-bond acceptors (Lipinski definition) is 5. The number of ether oxygens (including phenoxy) is 2. The molecule has 166 valence electrons. The first-order chi connectivity index (χ1) is 15.0. The summed E-state index contributed by atoms with van der Waals surface area (Å²) >= 11 is 0. The van der Waals surface area contributed by atoms with E-state index in [1.165, 1.54) is 11.3 Å². The van der Waals surface area contributed by atoms with E-state index in [0.29, 0.717) is 42.2 Å². The van der Waals surface area contributed by atoms with Gasteiger partial charge in [-0.1, -0.05) is 18.2 Å². The van der Waals surface area contributed by atoms with Gasteiger partial charge in [0.2, 0.25) is 5.91 Å². The third-order valence-electron chi connectivity index (χ3n) is 6.55. The number of rotatable bonds is 9. The fourth-order valence-corrected chi connectivity index (χ4v) is 4.84. The van der Waals surface area contributed by atoms with E-state index in [-0.39, 0.29) is 24.8 Å². The van der Waals surface area contributed by atoms with Crippen LogP contribution in [0.15, 0.2) is 30.4 Å². The minimum absolute atomic E-state index is 0.0336. The van der Waals surface area contributed by atoms with E-state index in [2.05, 4.69) is 22.8 Å². The number of carbonyl (C=O) groups is 3. The highest BCUT2D eigenvalue weighted by Crippen LogP contribution is 2.42. The summed E-state index contributed by atoms with van der Waals surface area (Å²) in [6, 6.07) is 4.22. The number of nitrogens with one attached hydrogen (secondary N) is 2. The second-order valence-electron chi connectivity index (χ2n) is 8.48. The maximum Gasteiger partial charge on any atom is 0.324 e. The monoisotopic (exact) mass is 427 g/mol. The van der Waals surface area contributed by atoms with Gasteiger partial charge in [0.25, 0.3) is 5.91 Å². The molecule has 4 rings (SSSR count). The normalized spacial score (nSPS) is 26.3. The molecule has 2 bridgehead atoms. The standard InChI is InChI=1S/C23H29N3O5/c1-30-19-6-4-14(11-20(19)31-2)7-8-26-22(28)18(25-23(26)29)12-21(27)24-13-17-10-15-3-5-16(17)9-15/h3-6,11,15-18H,7-10,12-13H2,1-2H3,(H,24,27)(H,25,29)/t15?,16?,17?,18-/m0/s1. The summed E-state index contributed by atoms with van der Waals surface area (Å²) in [5.41, 5.74) is 0.916. The molecule has 1 aromatic carbocycles. The van der Waals surface area contributed by atoms with Gasteiger partial charge in [-0.05, 0) is 54.7 Å². The van der Waals surface area contributed by atoms with Gasteiger partial charge in [0, 0.05) is 13.1 Å². The highest BCUT2D eigenvalue weighted by Gasteiger charge is 2.39. The predicted molar refractivity (Wildman–Crippen MR) is 114 cm³/mol. The number of amides is 4. The molecule has 0 radical (unpaired) electrons. The summed E-state index contributed by atoms with van der Waals surface area (Å²) in [5.74, 6) is 2.35. The Labute approximate surface area is 181 Å². The van der Waals surface area contributed by atoms with Gasteiger partial charge in [-0.15, -0.1) is 0 Å². The molecule has 1 saturated carbocycles. The van der Waals surface area contributed by atoms with Crippen LogP contribution in [0.5, 0.6) is 11.5 Å². The molecule has 1 heterocycles. The molecular formula is C23H29N3O5. The maximum atomic E-state index is 12.7. The van der Waals surface area contributed by atoms with Gasteiger partial charge in [-0.3, -0.25) is 14.5 Å². The van der Waals surface area contributed by atoms with Crippen LogP contribution in [0.2, 0.25) is 0 Å². The highest BCUT2D eigenvalue weighted by molar-refractivity contribution is 6.05. The molecule has 3 unspecified atom stereocenters. The van der Waals surface area contributed by atoms with Crippen molar-refractivity contribution in [1.29, 1.82) is 0 Å². The van der Waals surface area contributed by atoms with Crippen molar-refractivity contribution >= 4 is 17.8 Å². The largest absolute Gasteiger partial charge is 0.493 e. The van der Waals surface area contributed by atoms with Crippen LogP contribution in [0.25, 0.3) is 0 Å². The lowest BCUT2D eigenvalue weighted by atomic mass is 9.93. The Morgan fingerprint density at radius 1 is 1.16 bits per heavy atom. The van der Waals surface area contributed by atoms with E-state index in [1.807, 2.05) is 12.1 Å². The number of carbonyl (C=O) groups excluding carboxylic acids is 3.